The molecule has 25 heavy (non-hydrogen) atoms. The minimum absolute atomic E-state index is 0.0299. The molecule has 0 bridgehead atoms. The van der Waals surface area contributed by atoms with Crippen LogP contribution < -0.4 is 4.90 Å². The molecule has 3 aromatic rings. The largest absolute Gasteiger partial charge is 0.302 e. The van der Waals surface area contributed by atoms with Crippen molar-refractivity contribution < 1.29 is 4.79 Å². The standard InChI is InChI=1S/C21H15BrN2O/c22-16-12-10-15(11-13-16)20-14-24(17-6-2-1-3-7-17)21(25)18-8-4-5-9-19(18)23-20/h1-13H,14H2. The number of aliphatic imine (C=N–C) groups is 1. The molecule has 0 saturated heterocycles. The van der Waals surface area contributed by atoms with Crippen LogP contribution in [0.2, 0.25) is 0 Å². The Labute approximate surface area is 154 Å². The maximum atomic E-state index is 13.1. The van der Waals surface area contributed by atoms with Crippen molar-refractivity contribution in [3.8, 4) is 0 Å². The van der Waals surface area contributed by atoms with Crippen LogP contribution in [-0.4, -0.2) is 18.2 Å². The number of nitrogens with zero attached hydrogens (tertiary/aromatic N) is 2. The van der Waals surface area contributed by atoms with E-state index in [0.29, 0.717) is 17.8 Å². The van der Waals surface area contributed by atoms with Crippen LogP contribution in [0.25, 0.3) is 0 Å². The average molecular weight is 391 g/mol. The molecule has 4 rings (SSSR count). The van der Waals surface area contributed by atoms with Crippen LogP contribution in [0.1, 0.15) is 15.9 Å². The van der Waals surface area contributed by atoms with Gasteiger partial charge in [0.1, 0.15) is 0 Å². The average Bonchev–Trinajstić information content (AvgIpc) is 2.80. The second kappa shape index (κ2) is 6.65. The quantitative estimate of drug-likeness (QED) is 0.589. The molecular formula is C21H15BrN2O. The predicted octanol–water partition coefficient (Wildman–Crippen LogP) is 5.23. The zero-order valence-corrected chi connectivity index (χ0v) is 15.0. The third kappa shape index (κ3) is 3.13. The van der Waals surface area contributed by atoms with E-state index in [1.54, 1.807) is 4.90 Å². The Bertz CT molecular complexity index is 949. The van der Waals surface area contributed by atoms with Gasteiger partial charge in [0.05, 0.1) is 23.5 Å². The lowest BCUT2D eigenvalue weighted by Crippen LogP contribution is -2.34. The van der Waals surface area contributed by atoms with Crippen LogP contribution in [0.3, 0.4) is 0 Å². The fourth-order valence-electron chi connectivity index (χ4n) is 2.91. The SMILES string of the molecule is O=C1c2ccccc2N=C(c2ccc(Br)cc2)CN1c1ccccc1. The molecule has 0 atom stereocenters. The number of carbonyl (C=O) groups is 1. The van der Waals surface area contributed by atoms with E-state index in [-0.39, 0.29) is 5.91 Å². The van der Waals surface area contributed by atoms with E-state index < -0.39 is 0 Å². The lowest BCUT2D eigenvalue weighted by Gasteiger charge is -2.22. The molecule has 122 valence electrons. The van der Waals surface area contributed by atoms with Gasteiger partial charge in [0.15, 0.2) is 0 Å². The maximum absolute atomic E-state index is 13.1. The highest BCUT2D eigenvalue weighted by Gasteiger charge is 2.25. The van der Waals surface area contributed by atoms with Gasteiger partial charge in [0.25, 0.3) is 5.91 Å². The minimum Gasteiger partial charge on any atom is -0.302 e. The highest BCUT2D eigenvalue weighted by molar-refractivity contribution is 9.10. The third-order valence-electron chi connectivity index (χ3n) is 4.19. The van der Waals surface area contributed by atoms with E-state index >= 15 is 0 Å². The molecule has 0 aliphatic carbocycles. The zero-order valence-electron chi connectivity index (χ0n) is 13.4. The van der Waals surface area contributed by atoms with Crippen molar-refractivity contribution in [3.05, 3.63) is 94.5 Å². The first-order valence-corrected chi connectivity index (χ1v) is 8.81. The molecule has 0 N–H and O–H groups in total. The molecule has 3 aromatic carbocycles. The summed E-state index contributed by atoms with van der Waals surface area (Å²) < 4.78 is 1.02. The van der Waals surface area contributed by atoms with Crippen molar-refractivity contribution in [1.82, 2.24) is 0 Å². The van der Waals surface area contributed by atoms with Gasteiger partial charge in [0, 0.05) is 10.2 Å². The highest BCUT2D eigenvalue weighted by Crippen LogP contribution is 2.28. The number of fused-ring (bicyclic) bond motifs is 1. The monoisotopic (exact) mass is 390 g/mol. The molecule has 0 radical (unpaired) electrons. The smallest absolute Gasteiger partial charge is 0.260 e. The molecule has 4 heteroatoms. The second-order valence-corrected chi connectivity index (χ2v) is 6.73. The normalized spacial score (nSPS) is 13.9. The van der Waals surface area contributed by atoms with E-state index in [1.807, 2.05) is 78.9 Å². The number of para-hydroxylation sites is 2. The summed E-state index contributed by atoms with van der Waals surface area (Å²) in [7, 11) is 0. The minimum atomic E-state index is -0.0299. The molecule has 0 saturated carbocycles. The molecule has 0 unspecified atom stereocenters. The van der Waals surface area contributed by atoms with Gasteiger partial charge in [-0.15, -0.1) is 0 Å². The molecule has 1 amide bonds. The first kappa shape index (κ1) is 15.8. The fraction of sp³-hybridized carbons (Fsp3) is 0.0476. The summed E-state index contributed by atoms with van der Waals surface area (Å²) in [5.41, 5.74) is 4.08. The van der Waals surface area contributed by atoms with Gasteiger partial charge in [-0.1, -0.05) is 58.4 Å². The Morgan fingerprint density at radius 1 is 0.840 bits per heavy atom. The molecule has 0 aromatic heterocycles. The van der Waals surface area contributed by atoms with Gasteiger partial charge in [0.2, 0.25) is 0 Å². The third-order valence-corrected chi connectivity index (χ3v) is 4.72. The first-order chi connectivity index (χ1) is 12.2. The summed E-state index contributed by atoms with van der Waals surface area (Å²) in [4.78, 5) is 19.7. The van der Waals surface area contributed by atoms with Gasteiger partial charge >= 0.3 is 0 Å². The number of hydrogen-bond donors (Lipinski definition) is 0. The molecule has 1 aliphatic rings. The van der Waals surface area contributed by atoms with Crippen molar-refractivity contribution in [3.63, 3.8) is 0 Å². The van der Waals surface area contributed by atoms with Crippen LogP contribution in [0, 0.1) is 0 Å². The molecule has 0 spiro atoms. The summed E-state index contributed by atoms with van der Waals surface area (Å²) in [6, 6.07) is 25.3. The molecule has 3 nitrogen and oxygen atoms in total. The number of rotatable bonds is 2. The Hall–Kier alpha value is -2.72. The summed E-state index contributed by atoms with van der Waals surface area (Å²) in [6.45, 7) is 0.430. The number of halogens is 1. The van der Waals surface area contributed by atoms with E-state index in [4.69, 9.17) is 4.99 Å². The summed E-state index contributed by atoms with van der Waals surface area (Å²) >= 11 is 3.46. The van der Waals surface area contributed by atoms with E-state index in [9.17, 15) is 4.79 Å². The van der Waals surface area contributed by atoms with Gasteiger partial charge in [-0.25, -0.2) is 0 Å². The van der Waals surface area contributed by atoms with Crippen LogP contribution in [0.4, 0.5) is 11.4 Å². The number of amides is 1. The molecule has 0 fully saturated rings. The van der Waals surface area contributed by atoms with Crippen LogP contribution in [-0.2, 0) is 0 Å². The Morgan fingerprint density at radius 3 is 2.28 bits per heavy atom. The van der Waals surface area contributed by atoms with Crippen molar-refractivity contribution >= 4 is 38.9 Å². The van der Waals surface area contributed by atoms with Crippen molar-refractivity contribution in [1.29, 1.82) is 0 Å². The van der Waals surface area contributed by atoms with Gasteiger partial charge < -0.3 is 4.90 Å². The summed E-state index contributed by atoms with van der Waals surface area (Å²) in [5.74, 6) is -0.0299. The van der Waals surface area contributed by atoms with Gasteiger partial charge in [-0.05, 0) is 42.0 Å². The fourth-order valence-corrected chi connectivity index (χ4v) is 3.18. The van der Waals surface area contributed by atoms with Crippen molar-refractivity contribution in [2.75, 3.05) is 11.4 Å². The van der Waals surface area contributed by atoms with E-state index in [1.165, 1.54) is 0 Å². The first-order valence-electron chi connectivity index (χ1n) is 8.02. The Kier molecular flexibility index (Phi) is 4.20. The van der Waals surface area contributed by atoms with Crippen LogP contribution in [0.5, 0.6) is 0 Å². The van der Waals surface area contributed by atoms with Crippen molar-refractivity contribution in [2.45, 2.75) is 0 Å². The zero-order chi connectivity index (χ0) is 17.2. The van der Waals surface area contributed by atoms with Gasteiger partial charge in [-0.2, -0.15) is 0 Å². The lowest BCUT2D eigenvalue weighted by molar-refractivity contribution is 0.0992. The summed E-state index contributed by atoms with van der Waals surface area (Å²) in [5, 5.41) is 0. The molecule has 1 aliphatic heterocycles. The highest BCUT2D eigenvalue weighted by atomic mass is 79.9. The number of benzene rings is 3. The number of carbonyl (C=O) groups excluding carboxylic acids is 1. The number of hydrogen-bond acceptors (Lipinski definition) is 2. The molecular weight excluding hydrogens is 376 g/mol. The Balaban J connectivity index is 1.86. The van der Waals surface area contributed by atoms with Crippen LogP contribution >= 0.6 is 15.9 Å². The predicted molar refractivity (Wildman–Crippen MR) is 105 cm³/mol. The maximum Gasteiger partial charge on any atom is 0.260 e. The van der Waals surface area contributed by atoms with Crippen LogP contribution in [0.15, 0.2) is 88.3 Å². The lowest BCUT2D eigenvalue weighted by atomic mass is 10.1. The number of anilines is 1. The van der Waals surface area contributed by atoms with E-state index in [0.717, 1.165) is 21.4 Å². The molecule has 1 heterocycles. The summed E-state index contributed by atoms with van der Waals surface area (Å²) in [6.07, 6.45) is 0. The topological polar surface area (TPSA) is 32.7 Å². The van der Waals surface area contributed by atoms with E-state index in [2.05, 4.69) is 15.9 Å². The Morgan fingerprint density at radius 2 is 1.52 bits per heavy atom. The van der Waals surface area contributed by atoms with Gasteiger partial charge in [-0.3, -0.25) is 9.79 Å². The second-order valence-electron chi connectivity index (χ2n) is 5.81. The van der Waals surface area contributed by atoms with Crippen molar-refractivity contribution in [2.24, 2.45) is 4.99 Å².